The molecule has 0 radical (unpaired) electrons. The molecule has 17 heavy (non-hydrogen) atoms. The predicted octanol–water partition coefficient (Wildman–Crippen LogP) is 5.30. The lowest BCUT2D eigenvalue weighted by Crippen LogP contribution is -2.41. The zero-order valence-electron chi connectivity index (χ0n) is 12.5. The van der Waals surface area contributed by atoms with E-state index in [9.17, 15) is 0 Å². The Morgan fingerprint density at radius 2 is 1.76 bits per heavy atom. The van der Waals surface area contributed by atoms with E-state index >= 15 is 0 Å². The highest BCUT2D eigenvalue weighted by Crippen LogP contribution is 2.36. The van der Waals surface area contributed by atoms with Crippen molar-refractivity contribution < 1.29 is 1.43 Å². The van der Waals surface area contributed by atoms with E-state index in [1.54, 1.807) is 0 Å². The van der Waals surface area contributed by atoms with E-state index in [1.165, 1.54) is 32.1 Å². The van der Waals surface area contributed by atoms with Crippen LogP contribution in [-0.2, 0) is 0 Å². The van der Waals surface area contributed by atoms with Crippen LogP contribution in [0.25, 0.3) is 0 Å². The van der Waals surface area contributed by atoms with Crippen LogP contribution in [0.15, 0.2) is 24.9 Å². The Morgan fingerprint density at radius 3 is 2.18 bits per heavy atom. The van der Waals surface area contributed by atoms with Crippen molar-refractivity contribution >= 4 is 0 Å². The first kappa shape index (κ1) is 16.3. The number of hydrogen-bond acceptors (Lipinski definition) is 1. The lowest BCUT2D eigenvalue weighted by molar-refractivity contribution is 0.288. The van der Waals surface area contributed by atoms with Gasteiger partial charge in [0.05, 0.1) is 0 Å². The molecule has 102 valence electrons. The van der Waals surface area contributed by atoms with Crippen LogP contribution in [0.5, 0.6) is 0 Å². The summed E-state index contributed by atoms with van der Waals surface area (Å²) in [6.07, 6.45) is 8.09. The smallest absolute Gasteiger partial charge is 0.0494 e. The first-order chi connectivity index (χ1) is 7.81. The number of rotatable bonds is 9. The highest BCUT2D eigenvalue weighted by Gasteiger charge is 2.28. The van der Waals surface area contributed by atoms with Crippen LogP contribution in [0.1, 0.15) is 68.1 Å². The average molecular weight is 239 g/mol. The van der Waals surface area contributed by atoms with E-state index < -0.39 is 0 Å². The minimum absolute atomic E-state index is 0. The third-order valence-corrected chi connectivity index (χ3v) is 3.60. The Hall–Kier alpha value is -0.720. The molecule has 0 rings (SSSR count). The Labute approximate surface area is 110 Å². The molecule has 0 fully saturated rings. The van der Waals surface area contributed by atoms with Crippen molar-refractivity contribution in [1.82, 2.24) is 5.32 Å². The maximum Gasteiger partial charge on any atom is 0.0494 e. The van der Waals surface area contributed by atoms with Crippen LogP contribution < -0.4 is 5.32 Å². The summed E-state index contributed by atoms with van der Waals surface area (Å²) in [5.41, 5.74) is 1.31. The van der Waals surface area contributed by atoms with Crippen molar-refractivity contribution in [2.24, 2.45) is 5.41 Å². The van der Waals surface area contributed by atoms with Crippen molar-refractivity contribution in [3.63, 3.8) is 0 Å². The number of hydrogen-bond donors (Lipinski definition) is 1. The molecular formula is C16H33N. The van der Waals surface area contributed by atoms with Gasteiger partial charge < -0.3 is 5.32 Å². The van der Waals surface area contributed by atoms with Gasteiger partial charge in [0.15, 0.2) is 0 Å². The Balaban J connectivity index is 0. The van der Waals surface area contributed by atoms with Gasteiger partial charge in [0.1, 0.15) is 0 Å². The molecule has 0 saturated carbocycles. The van der Waals surface area contributed by atoms with Gasteiger partial charge in [-0.1, -0.05) is 52.7 Å². The van der Waals surface area contributed by atoms with Gasteiger partial charge in [0.25, 0.3) is 0 Å². The lowest BCUT2D eigenvalue weighted by atomic mass is 9.77. The van der Waals surface area contributed by atoms with Gasteiger partial charge in [0, 0.05) is 18.1 Å². The molecule has 1 heteroatoms. The third kappa shape index (κ3) is 5.43. The molecule has 1 N–H and O–H groups in total. The Bertz CT molecular complexity index is 258. The fourth-order valence-electron chi connectivity index (χ4n) is 2.14. The second-order valence-electron chi connectivity index (χ2n) is 5.94. The second kappa shape index (κ2) is 6.88. The second-order valence-corrected chi connectivity index (χ2v) is 5.94. The molecule has 0 aliphatic heterocycles. The molecule has 0 spiro atoms. The first-order valence-corrected chi connectivity index (χ1v) is 6.92. The van der Waals surface area contributed by atoms with Gasteiger partial charge in [-0.25, -0.2) is 0 Å². The SMILES string of the molecule is C=CC(C)(C)NC(=C)C(C)(CCC)CCCC.[HH]. The van der Waals surface area contributed by atoms with Crippen LogP contribution in [0, 0.1) is 5.41 Å². The molecular weight excluding hydrogens is 206 g/mol. The largest absolute Gasteiger partial charge is 0.380 e. The molecule has 0 heterocycles. The number of unbranched alkanes of at least 4 members (excludes halogenated alkanes) is 1. The van der Waals surface area contributed by atoms with Crippen molar-refractivity contribution in [3.8, 4) is 0 Å². The van der Waals surface area contributed by atoms with E-state index in [0.717, 1.165) is 5.70 Å². The van der Waals surface area contributed by atoms with Gasteiger partial charge in [-0.05, 0) is 26.7 Å². The molecule has 1 unspecified atom stereocenters. The lowest BCUT2D eigenvalue weighted by Gasteiger charge is -2.37. The maximum absolute atomic E-state index is 4.27. The van der Waals surface area contributed by atoms with E-state index in [0.29, 0.717) is 0 Å². The number of allylic oxidation sites excluding steroid dienone is 1. The van der Waals surface area contributed by atoms with Crippen LogP contribution in [0.4, 0.5) is 0 Å². The Kier molecular flexibility index (Phi) is 6.59. The molecule has 0 aliphatic carbocycles. The van der Waals surface area contributed by atoms with Crippen LogP contribution >= 0.6 is 0 Å². The third-order valence-electron chi connectivity index (χ3n) is 3.60. The quantitative estimate of drug-likeness (QED) is 0.539. The van der Waals surface area contributed by atoms with Gasteiger partial charge >= 0.3 is 0 Å². The Morgan fingerprint density at radius 1 is 1.18 bits per heavy atom. The highest BCUT2D eigenvalue weighted by atomic mass is 15.0. The van der Waals surface area contributed by atoms with E-state index in [4.69, 9.17) is 0 Å². The minimum atomic E-state index is -0.0711. The molecule has 0 saturated heterocycles. The van der Waals surface area contributed by atoms with E-state index in [2.05, 4.69) is 53.1 Å². The van der Waals surface area contributed by atoms with Crippen molar-refractivity contribution in [1.29, 1.82) is 0 Å². The topological polar surface area (TPSA) is 12.0 Å². The van der Waals surface area contributed by atoms with Gasteiger partial charge in [-0.15, -0.1) is 6.58 Å². The first-order valence-electron chi connectivity index (χ1n) is 6.92. The number of nitrogens with one attached hydrogen (secondary N) is 1. The van der Waals surface area contributed by atoms with Crippen LogP contribution in [-0.4, -0.2) is 5.54 Å². The van der Waals surface area contributed by atoms with Gasteiger partial charge in [0.2, 0.25) is 0 Å². The highest BCUT2D eigenvalue weighted by molar-refractivity contribution is 5.13. The van der Waals surface area contributed by atoms with Gasteiger partial charge in [-0.3, -0.25) is 0 Å². The summed E-state index contributed by atoms with van der Waals surface area (Å²) in [5.74, 6) is 0. The summed E-state index contributed by atoms with van der Waals surface area (Å²) in [6.45, 7) is 19.2. The summed E-state index contributed by atoms with van der Waals surface area (Å²) >= 11 is 0. The molecule has 0 aliphatic rings. The summed E-state index contributed by atoms with van der Waals surface area (Å²) in [6, 6.07) is 0. The van der Waals surface area contributed by atoms with Gasteiger partial charge in [-0.2, -0.15) is 0 Å². The van der Waals surface area contributed by atoms with Crippen molar-refractivity contribution in [2.75, 3.05) is 0 Å². The van der Waals surface area contributed by atoms with Crippen molar-refractivity contribution in [3.05, 3.63) is 24.9 Å². The molecule has 1 atom stereocenters. The monoisotopic (exact) mass is 239 g/mol. The molecule has 0 aromatic heterocycles. The van der Waals surface area contributed by atoms with E-state index in [1.807, 2.05) is 6.08 Å². The fraction of sp³-hybridized carbons (Fsp3) is 0.750. The molecule has 0 amide bonds. The average Bonchev–Trinajstić information content (AvgIpc) is 2.26. The summed E-state index contributed by atoms with van der Waals surface area (Å²) in [4.78, 5) is 0. The molecule has 0 aromatic rings. The zero-order chi connectivity index (χ0) is 13.5. The fourth-order valence-corrected chi connectivity index (χ4v) is 2.14. The molecule has 0 aromatic carbocycles. The maximum atomic E-state index is 4.27. The summed E-state index contributed by atoms with van der Waals surface area (Å²) in [7, 11) is 0. The van der Waals surface area contributed by atoms with Crippen LogP contribution in [0.3, 0.4) is 0 Å². The van der Waals surface area contributed by atoms with E-state index in [-0.39, 0.29) is 12.4 Å². The molecule has 0 bridgehead atoms. The van der Waals surface area contributed by atoms with Crippen molar-refractivity contribution in [2.45, 2.75) is 72.3 Å². The van der Waals surface area contributed by atoms with Crippen LogP contribution in [0.2, 0.25) is 0 Å². The molecule has 1 nitrogen and oxygen atoms in total. The standard InChI is InChI=1S/C16H31N.H2/c1-8-11-13-16(7,12-9-2)14(4)17-15(5,6)10-3;/h10,17H,3-4,8-9,11-13H2,1-2,5-7H3;1H. The summed E-state index contributed by atoms with van der Waals surface area (Å²) < 4.78 is 0. The predicted molar refractivity (Wildman–Crippen MR) is 81.2 cm³/mol. The normalized spacial score (nSPS) is 15.1. The zero-order valence-corrected chi connectivity index (χ0v) is 12.5. The minimum Gasteiger partial charge on any atom is -0.380 e. The summed E-state index contributed by atoms with van der Waals surface area (Å²) in [5, 5.41) is 3.53.